The molecule has 0 bridgehead atoms. The molecule has 2 aromatic rings. The summed E-state index contributed by atoms with van der Waals surface area (Å²) in [6.07, 6.45) is 7.96. The number of piperidine rings is 1. The van der Waals surface area contributed by atoms with Gasteiger partial charge in [0.25, 0.3) is 0 Å². The first-order valence-electron chi connectivity index (χ1n) is 6.52. The number of aromatic nitrogens is 1. The monoisotopic (exact) mass is 260 g/mol. The van der Waals surface area contributed by atoms with Crippen LogP contribution < -0.4 is 4.90 Å². The van der Waals surface area contributed by atoms with Crippen LogP contribution >= 0.6 is 11.6 Å². The summed E-state index contributed by atoms with van der Waals surface area (Å²) in [7, 11) is 0. The average molecular weight is 261 g/mol. The van der Waals surface area contributed by atoms with Crippen molar-refractivity contribution in [3.63, 3.8) is 0 Å². The molecule has 2 nitrogen and oxygen atoms in total. The molecule has 1 aliphatic heterocycles. The molecule has 1 aliphatic rings. The molecule has 0 atom stereocenters. The summed E-state index contributed by atoms with van der Waals surface area (Å²) in [5, 5.41) is 0.850. The van der Waals surface area contributed by atoms with Gasteiger partial charge in [0, 0.05) is 31.2 Å². The third-order valence-electron chi connectivity index (χ3n) is 3.53. The van der Waals surface area contributed by atoms with Crippen LogP contribution in [-0.4, -0.2) is 17.7 Å². The maximum Gasteiger partial charge on any atom is 0.0660 e. The van der Waals surface area contributed by atoms with Gasteiger partial charge in [0.2, 0.25) is 0 Å². The van der Waals surface area contributed by atoms with Crippen LogP contribution in [0.5, 0.6) is 0 Å². The van der Waals surface area contributed by atoms with Gasteiger partial charge in [-0.25, -0.2) is 0 Å². The maximum absolute atomic E-state index is 6.42. The van der Waals surface area contributed by atoms with Crippen molar-refractivity contribution >= 4 is 17.3 Å². The highest BCUT2D eigenvalue weighted by Crippen LogP contribution is 2.30. The summed E-state index contributed by atoms with van der Waals surface area (Å²) in [5.74, 6) is 0. The largest absolute Gasteiger partial charge is 0.370 e. The number of anilines is 1. The van der Waals surface area contributed by atoms with E-state index in [1.807, 2.05) is 30.6 Å². The van der Waals surface area contributed by atoms with Crippen molar-refractivity contribution in [1.82, 2.24) is 4.57 Å². The van der Waals surface area contributed by atoms with Crippen LogP contribution in [0.2, 0.25) is 5.02 Å². The summed E-state index contributed by atoms with van der Waals surface area (Å²) >= 11 is 6.42. The molecule has 1 aromatic carbocycles. The molecule has 0 amide bonds. The fourth-order valence-corrected chi connectivity index (χ4v) is 2.85. The van der Waals surface area contributed by atoms with Crippen molar-refractivity contribution in [2.75, 3.05) is 18.0 Å². The van der Waals surface area contributed by atoms with Crippen molar-refractivity contribution in [3.8, 4) is 5.69 Å². The summed E-state index contributed by atoms with van der Waals surface area (Å²) in [6, 6.07) is 10.4. The van der Waals surface area contributed by atoms with E-state index < -0.39 is 0 Å². The van der Waals surface area contributed by atoms with E-state index in [4.69, 9.17) is 11.6 Å². The molecule has 18 heavy (non-hydrogen) atoms. The Labute approximate surface area is 113 Å². The minimum atomic E-state index is 0.850. The molecule has 0 radical (unpaired) electrons. The lowest BCUT2D eigenvalue weighted by Crippen LogP contribution is -2.29. The average Bonchev–Trinajstić information content (AvgIpc) is 2.93. The van der Waals surface area contributed by atoms with Gasteiger partial charge in [0.15, 0.2) is 0 Å². The van der Waals surface area contributed by atoms with Crippen LogP contribution in [0, 0.1) is 0 Å². The fraction of sp³-hybridized carbons (Fsp3) is 0.333. The second kappa shape index (κ2) is 5.07. The van der Waals surface area contributed by atoms with Crippen LogP contribution in [0.3, 0.4) is 0 Å². The molecule has 0 unspecified atom stereocenters. The minimum Gasteiger partial charge on any atom is -0.370 e. The summed E-state index contributed by atoms with van der Waals surface area (Å²) < 4.78 is 2.08. The standard InChI is InChI=1S/C15H17ClN2/c16-14-12-13(17-8-4-5-9-17)6-7-15(14)18-10-2-1-3-11-18/h4-9,12H,1-3,10-11H2. The second-order valence-corrected chi connectivity index (χ2v) is 5.18. The Morgan fingerprint density at radius 2 is 1.67 bits per heavy atom. The summed E-state index contributed by atoms with van der Waals surface area (Å²) in [5.41, 5.74) is 2.29. The zero-order valence-corrected chi connectivity index (χ0v) is 11.1. The van der Waals surface area contributed by atoms with Crippen LogP contribution in [0.15, 0.2) is 42.7 Å². The van der Waals surface area contributed by atoms with E-state index in [-0.39, 0.29) is 0 Å². The number of hydrogen-bond donors (Lipinski definition) is 0. The SMILES string of the molecule is Clc1cc(-n2cccc2)ccc1N1CCCCC1. The molecule has 0 aliphatic carbocycles. The molecular weight excluding hydrogens is 244 g/mol. The van der Waals surface area contributed by atoms with Gasteiger partial charge in [-0.05, 0) is 49.6 Å². The molecule has 1 aromatic heterocycles. The lowest BCUT2D eigenvalue weighted by Gasteiger charge is -2.29. The van der Waals surface area contributed by atoms with Crippen molar-refractivity contribution in [1.29, 1.82) is 0 Å². The van der Waals surface area contributed by atoms with E-state index in [0.29, 0.717) is 0 Å². The number of halogens is 1. The van der Waals surface area contributed by atoms with E-state index in [0.717, 1.165) is 23.8 Å². The normalized spacial score (nSPS) is 15.9. The highest BCUT2D eigenvalue weighted by molar-refractivity contribution is 6.33. The molecule has 94 valence electrons. The Kier molecular flexibility index (Phi) is 3.28. The lowest BCUT2D eigenvalue weighted by molar-refractivity contribution is 0.578. The van der Waals surface area contributed by atoms with Crippen LogP contribution in [-0.2, 0) is 0 Å². The smallest absolute Gasteiger partial charge is 0.0660 e. The summed E-state index contributed by atoms with van der Waals surface area (Å²) in [4.78, 5) is 2.39. The van der Waals surface area contributed by atoms with Gasteiger partial charge < -0.3 is 9.47 Å². The van der Waals surface area contributed by atoms with Crippen molar-refractivity contribution < 1.29 is 0 Å². The van der Waals surface area contributed by atoms with E-state index in [1.165, 1.54) is 24.9 Å². The molecule has 2 heterocycles. The van der Waals surface area contributed by atoms with Crippen LogP contribution in [0.4, 0.5) is 5.69 Å². The Morgan fingerprint density at radius 3 is 2.33 bits per heavy atom. The Balaban J connectivity index is 1.89. The van der Waals surface area contributed by atoms with Crippen molar-refractivity contribution in [2.45, 2.75) is 19.3 Å². The van der Waals surface area contributed by atoms with E-state index in [2.05, 4.69) is 21.6 Å². The highest BCUT2D eigenvalue weighted by atomic mass is 35.5. The molecule has 1 saturated heterocycles. The van der Waals surface area contributed by atoms with Gasteiger partial charge in [0.05, 0.1) is 10.7 Å². The van der Waals surface area contributed by atoms with Gasteiger partial charge >= 0.3 is 0 Å². The zero-order chi connectivity index (χ0) is 12.4. The first-order chi connectivity index (χ1) is 8.84. The van der Waals surface area contributed by atoms with Crippen LogP contribution in [0.1, 0.15) is 19.3 Å². The van der Waals surface area contributed by atoms with E-state index in [1.54, 1.807) is 0 Å². The minimum absolute atomic E-state index is 0.850. The van der Waals surface area contributed by atoms with Gasteiger partial charge in [-0.15, -0.1) is 0 Å². The second-order valence-electron chi connectivity index (χ2n) is 4.77. The molecule has 3 heteroatoms. The van der Waals surface area contributed by atoms with Gasteiger partial charge in [-0.3, -0.25) is 0 Å². The quantitative estimate of drug-likeness (QED) is 0.789. The first-order valence-corrected chi connectivity index (χ1v) is 6.90. The summed E-state index contributed by atoms with van der Waals surface area (Å²) in [6.45, 7) is 2.26. The van der Waals surface area contributed by atoms with Gasteiger partial charge in [0.1, 0.15) is 0 Å². The number of rotatable bonds is 2. The molecule has 1 fully saturated rings. The van der Waals surface area contributed by atoms with Crippen LogP contribution in [0.25, 0.3) is 5.69 Å². The van der Waals surface area contributed by atoms with E-state index in [9.17, 15) is 0 Å². The highest BCUT2D eigenvalue weighted by Gasteiger charge is 2.14. The predicted octanol–water partition coefficient (Wildman–Crippen LogP) is 4.12. The topological polar surface area (TPSA) is 8.17 Å². The Bertz CT molecular complexity index is 513. The lowest BCUT2D eigenvalue weighted by atomic mass is 10.1. The molecular formula is C15H17ClN2. The van der Waals surface area contributed by atoms with Crippen molar-refractivity contribution in [2.24, 2.45) is 0 Å². The third-order valence-corrected chi connectivity index (χ3v) is 3.83. The zero-order valence-electron chi connectivity index (χ0n) is 10.3. The molecule has 0 spiro atoms. The number of benzene rings is 1. The van der Waals surface area contributed by atoms with Gasteiger partial charge in [-0.2, -0.15) is 0 Å². The molecule has 0 saturated carbocycles. The first kappa shape index (κ1) is 11.7. The van der Waals surface area contributed by atoms with E-state index >= 15 is 0 Å². The number of hydrogen-bond acceptors (Lipinski definition) is 1. The Hall–Kier alpha value is -1.41. The molecule has 0 N–H and O–H groups in total. The maximum atomic E-state index is 6.42. The fourth-order valence-electron chi connectivity index (χ4n) is 2.55. The van der Waals surface area contributed by atoms with Gasteiger partial charge in [-0.1, -0.05) is 11.6 Å². The Morgan fingerprint density at radius 1 is 0.944 bits per heavy atom. The van der Waals surface area contributed by atoms with Crippen molar-refractivity contribution in [3.05, 3.63) is 47.7 Å². The number of nitrogens with zero attached hydrogens (tertiary/aromatic N) is 2. The predicted molar refractivity (Wildman–Crippen MR) is 76.8 cm³/mol. The molecule has 3 rings (SSSR count). The third kappa shape index (κ3) is 2.25.